The van der Waals surface area contributed by atoms with E-state index in [1.807, 2.05) is 24.3 Å². The van der Waals surface area contributed by atoms with Crippen LogP contribution in [0.5, 0.6) is 11.5 Å². The fourth-order valence-electron chi connectivity index (χ4n) is 1.59. The Bertz CT molecular complexity index is 565. The average Bonchev–Trinajstić information content (AvgIpc) is 2.93. The highest BCUT2D eigenvalue weighted by molar-refractivity contribution is 5.84. The van der Waals surface area contributed by atoms with Crippen LogP contribution in [0.3, 0.4) is 0 Å². The summed E-state index contributed by atoms with van der Waals surface area (Å²) in [7, 11) is 1.61. The maximum Gasteiger partial charge on any atom is 0.358 e. The van der Waals surface area contributed by atoms with Gasteiger partial charge in [-0.2, -0.15) is 0 Å². The van der Waals surface area contributed by atoms with Gasteiger partial charge < -0.3 is 14.6 Å². The first-order chi connectivity index (χ1) is 9.69. The van der Waals surface area contributed by atoms with Gasteiger partial charge in [-0.3, -0.25) is 4.68 Å². The summed E-state index contributed by atoms with van der Waals surface area (Å²) in [6.07, 6.45) is 2.10. The van der Waals surface area contributed by atoms with Crippen LogP contribution in [0.25, 0.3) is 0 Å². The van der Waals surface area contributed by atoms with Crippen molar-refractivity contribution in [3.8, 4) is 11.5 Å². The molecule has 1 N–H and O–H groups in total. The molecule has 0 atom stereocenters. The van der Waals surface area contributed by atoms with Crippen molar-refractivity contribution in [2.75, 3.05) is 13.7 Å². The van der Waals surface area contributed by atoms with Crippen LogP contribution in [-0.4, -0.2) is 39.8 Å². The number of ether oxygens (including phenoxy) is 2. The molecule has 0 amide bonds. The lowest BCUT2D eigenvalue weighted by molar-refractivity contribution is 0.0690. The second-order valence-corrected chi connectivity index (χ2v) is 4.05. The lowest BCUT2D eigenvalue weighted by Gasteiger charge is -2.06. The zero-order valence-electron chi connectivity index (χ0n) is 11.0. The first-order valence-electron chi connectivity index (χ1n) is 6.09. The summed E-state index contributed by atoms with van der Waals surface area (Å²) in [5.74, 6) is 0.461. The molecule has 20 heavy (non-hydrogen) atoms. The number of nitrogens with zero attached hydrogens (tertiary/aromatic N) is 3. The predicted octanol–water partition coefficient (Wildman–Crippen LogP) is 1.45. The lowest BCUT2D eigenvalue weighted by Crippen LogP contribution is -2.05. The highest BCUT2D eigenvalue weighted by Crippen LogP contribution is 2.17. The second kappa shape index (κ2) is 6.55. The number of carboxylic acids is 1. The molecule has 7 heteroatoms. The number of aryl methyl sites for hydroxylation is 1. The number of aromatic nitrogens is 3. The molecule has 106 valence electrons. The molecule has 2 rings (SSSR count). The van der Waals surface area contributed by atoms with E-state index in [1.54, 1.807) is 7.11 Å². The van der Waals surface area contributed by atoms with Crippen LogP contribution in [-0.2, 0) is 6.54 Å². The minimum atomic E-state index is -1.08. The van der Waals surface area contributed by atoms with E-state index in [1.165, 1.54) is 10.9 Å². The van der Waals surface area contributed by atoms with Gasteiger partial charge in [0.05, 0.1) is 19.9 Å². The quantitative estimate of drug-likeness (QED) is 0.771. The molecule has 7 nitrogen and oxygen atoms in total. The first kappa shape index (κ1) is 13.9. The zero-order valence-corrected chi connectivity index (χ0v) is 11.0. The van der Waals surface area contributed by atoms with Gasteiger partial charge in [-0.1, -0.05) is 5.21 Å². The summed E-state index contributed by atoms with van der Waals surface area (Å²) in [6.45, 7) is 1.06. The second-order valence-electron chi connectivity index (χ2n) is 4.05. The number of carboxylic acid groups (broad SMARTS) is 1. The van der Waals surface area contributed by atoms with E-state index >= 15 is 0 Å². The standard InChI is InChI=1S/C13H15N3O4/c1-19-10-3-5-11(6-4-10)20-8-2-7-16-9-12(13(17)18)14-15-16/h3-6,9H,2,7-8H2,1H3,(H,17,18). The zero-order chi connectivity index (χ0) is 14.4. The normalized spacial score (nSPS) is 10.2. The van der Waals surface area contributed by atoms with Crippen molar-refractivity contribution in [2.45, 2.75) is 13.0 Å². The minimum Gasteiger partial charge on any atom is -0.497 e. The van der Waals surface area contributed by atoms with E-state index in [2.05, 4.69) is 10.3 Å². The van der Waals surface area contributed by atoms with E-state index in [0.29, 0.717) is 19.6 Å². The molecule has 1 heterocycles. The molecule has 1 aromatic carbocycles. The van der Waals surface area contributed by atoms with Crippen molar-refractivity contribution >= 4 is 5.97 Å². The number of aromatic carboxylic acids is 1. The Labute approximate surface area is 115 Å². The number of rotatable bonds is 7. The van der Waals surface area contributed by atoms with Crippen LogP contribution in [0.15, 0.2) is 30.5 Å². The molecule has 0 saturated heterocycles. The summed E-state index contributed by atoms with van der Waals surface area (Å²) in [4.78, 5) is 10.6. The number of hydrogen-bond donors (Lipinski definition) is 1. The minimum absolute atomic E-state index is 0.0546. The van der Waals surface area contributed by atoms with Gasteiger partial charge >= 0.3 is 5.97 Å². The summed E-state index contributed by atoms with van der Waals surface area (Å²) >= 11 is 0. The highest BCUT2D eigenvalue weighted by Gasteiger charge is 2.07. The largest absolute Gasteiger partial charge is 0.497 e. The van der Waals surface area contributed by atoms with Crippen molar-refractivity contribution in [1.29, 1.82) is 0 Å². The molecule has 0 aliphatic carbocycles. The summed E-state index contributed by atoms with van der Waals surface area (Å²) in [6, 6.07) is 7.31. The van der Waals surface area contributed by atoms with Gasteiger partial charge in [0.15, 0.2) is 5.69 Å². The SMILES string of the molecule is COc1ccc(OCCCn2cc(C(=O)O)nn2)cc1. The fourth-order valence-corrected chi connectivity index (χ4v) is 1.59. The predicted molar refractivity (Wildman–Crippen MR) is 70.1 cm³/mol. The van der Waals surface area contributed by atoms with Crippen molar-refractivity contribution in [3.05, 3.63) is 36.2 Å². The molecular weight excluding hydrogens is 262 g/mol. The number of methoxy groups -OCH3 is 1. The summed E-state index contributed by atoms with van der Waals surface area (Å²) in [5, 5.41) is 16.0. The monoisotopic (exact) mass is 277 g/mol. The van der Waals surface area contributed by atoms with E-state index in [-0.39, 0.29) is 5.69 Å². The van der Waals surface area contributed by atoms with Gasteiger partial charge in [0.1, 0.15) is 11.5 Å². The van der Waals surface area contributed by atoms with Crippen molar-refractivity contribution in [1.82, 2.24) is 15.0 Å². The molecule has 0 aliphatic rings. The first-order valence-corrected chi connectivity index (χ1v) is 6.09. The number of benzene rings is 1. The van der Waals surface area contributed by atoms with Gasteiger partial charge in [-0.15, -0.1) is 5.10 Å². The van der Waals surface area contributed by atoms with Crippen molar-refractivity contribution < 1.29 is 19.4 Å². The van der Waals surface area contributed by atoms with E-state index in [4.69, 9.17) is 14.6 Å². The summed E-state index contributed by atoms with van der Waals surface area (Å²) in [5.41, 5.74) is -0.0546. The number of hydrogen-bond acceptors (Lipinski definition) is 5. The van der Waals surface area contributed by atoms with Crippen molar-refractivity contribution in [2.24, 2.45) is 0 Å². The number of carbonyl (C=O) groups is 1. The fraction of sp³-hybridized carbons (Fsp3) is 0.308. The Morgan fingerprint density at radius 1 is 1.30 bits per heavy atom. The third kappa shape index (κ3) is 3.71. The topological polar surface area (TPSA) is 86.5 Å². The van der Waals surface area contributed by atoms with Crippen LogP contribution in [0.2, 0.25) is 0 Å². The van der Waals surface area contributed by atoms with Gasteiger partial charge in [-0.05, 0) is 24.3 Å². The summed E-state index contributed by atoms with van der Waals surface area (Å²) < 4.78 is 12.1. The van der Waals surface area contributed by atoms with Gasteiger partial charge in [0.2, 0.25) is 0 Å². The molecule has 0 radical (unpaired) electrons. The maximum atomic E-state index is 10.6. The van der Waals surface area contributed by atoms with Crippen molar-refractivity contribution in [3.63, 3.8) is 0 Å². The van der Waals surface area contributed by atoms with E-state index in [0.717, 1.165) is 11.5 Å². The average molecular weight is 277 g/mol. The molecule has 1 aromatic heterocycles. The Balaban J connectivity index is 1.73. The molecule has 2 aromatic rings. The van der Waals surface area contributed by atoms with E-state index in [9.17, 15) is 4.79 Å². The van der Waals surface area contributed by atoms with Crippen LogP contribution in [0.4, 0.5) is 0 Å². The molecule has 0 saturated carbocycles. The molecule has 0 fully saturated rings. The molecule has 0 aliphatic heterocycles. The van der Waals surface area contributed by atoms with Gasteiger partial charge in [-0.25, -0.2) is 4.79 Å². The Morgan fingerprint density at radius 3 is 2.60 bits per heavy atom. The smallest absolute Gasteiger partial charge is 0.358 e. The molecular formula is C13H15N3O4. The van der Waals surface area contributed by atoms with Gasteiger partial charge in [0.25, 0.3) is 0 Å². The maximum absolute atomic E-state index is 10.6. The van der Waals surface area contributed by atoms with Crippen LogP contribution >= 0.6 is 0 Å². The highest BCUT2D eigenvalue weighted by atomic mass is 16.5. The van der Waals surface area contributed by atoms with Gasteiger partial charge in [0, 0.05) is 13.0 Å². The Morgan fingerprint density at radius 2 is 2.00 bits per heavy atom. The molecule has 0 spiro atoms. The van der Waals surface area contributed by atoms with E-state index < -0.39 is 5.97 Å². The Kier molecular flexibility index (Phi) is 4.54. The van der Waals surface area contributed by atoms with Crippen LogP contribution in [0.1, 0.15) is 16.9 Å². The van der Waals surface area contributed by atoms with Crippen LogP contribution < -0.4 is 9.47 Å². The lowest BCUT2D eigenvalue weighted by atomic mass is 10.3. The third-order valence-corrected chi connectivity index (χ3v) is 2.62. The third-order valence-electron chi connectivity index (χ3n) is 2.62. The molecule has 0 bridgehead atoms. The Hall–Kier alpha value is -2.57. The van der Waals surface area contributed by atoms with Crippen LogP contribution in [0, 0.1) is 0 Å². The molecule has 0 unspecified atom stereocenters.